The monoisotopic (exact) mass is 348 g/mol. The van der Waals surface area contributed by atoms with Gasteiger partial charge in [0.2, 0.25) is 11.8 Å². The molecule has 0 saturated carbocycles. The summed E-state index contributed by atoms with van der Waals surface area (Å²) in [6, 6.07) is 7.65. The second kappa shape index (κ2) is 7.64. The summed E-state index contributed by atoms with van der Waals surface area (Å²) in [5.41, 5.74) is 5.45. The Kier molecular flexibility index (Phi) is 5.59. The van der Waals surface area contributed by atoms with Crippen LogP contribution in [0.15, 0.2) is 40.3 Å². The van der Waals surface area contributed by atoms with Crippen molar-refractivity contribution in [2.75, 3.05) is 12.4 Å². The van der Waals surface area contributed by atoms with Crippen LogP contribution in [0.1, 0.15) is 17.3 Å². The average molecular weight is 348 g/mol. The molecule has 0 saturated heterocycles. The van der Waals surface area contributed by atoms with Crippen LogP contribution in [0.4, 0.5) is 5.69 Å². The summed E-state index contributed by atoms with van der Waals surface area (Å²) in [5, 5.41) is 2.32. The summed E-state index contributed by atoms with van der Waals surface area (Å²) in [6.07, 6.45) is 0. The van der Waals surface area contributed by atoms with Gasteiger partial charge in [-0.3, -0.25) is 14.4 Å². The van der Waals surface area contributed by atoms with Gasteiger partial charge in [0.25, 0.3) is 11.5 Å². The summed E-state index contributed by atoms with van der Waals surface area (Å²) in [6.45, 7) is 1.65. The lowest BCUT2D eigenvalue weighted by Crippen LogP contribution is -2.25. The molecule has 24 heavy (non-hydrogen) atoms. The first-order valence-electron chi connectivity index (χ1n) is 6.92. The summed E-state index contributed by atoms with van der Waals surface area (Å²) >= 11 is 1.05. The Morgan fingerprint density at radius 3 is 2.75 bits per heavy atom. The van der Waals surface area contributed by atoms with Crippen molar-refractivity contribution in [1.82, 2.24) is 9.97 Å². The second-order valence-electron chi connectivity index (χ2n) is 4.75. The van der Waals surface area contributed by atoms with Crippen LogP contribution in [-0.2, 0) is 4.79 Å². The standard InChI is InChI=1S/C15H16N4O4S/c1-8(24-15-18-11(20)7-12(19-15)23-2)14(22)17-10-6-4-3-5-9(10)13(16)21/h3-8H,1-2H3,(H2,16,21)(H,17,22)(H,18,19,20)/t8-/m1/s1. The summed E-state index contributed by atoms with van der Waals surface area (Å²) in [4.78, 5) is 41.7. The van der Waals surface area contributed by atoms with E-state index in [0.29, 0.717) is 5.69 Å². The van der Waals surface area contributed by atoms with E-state index in [1.54, 1.807) is 25.1 Å². The van der Waals surface area contributed by atoms with Gasteiger partial charge in [-0.1, -0.05) is 23.9 Å². The van der Waals surface area contributed by atoms with Gasteiger partial charge >= 0.3 is 0 Å². The van der Waals surface area contributed by atoms with Crippen LogP contribution in [-0.4, -0.2) is 34.1 Å². The van der Waals surface area contributed by atoms with Gasteiger partial charge in [0.05, 0.1) is 29.7 Å². The highest BCUT2D eigenvalue weighted by Crippen LogP contribution is 2.22. The zero-order valence-electron chi connectivity index (χ0n) is 13.0. The van der Waals surface area contributed by atoms with Gasteiger partial charge in [-0.2, -0.15) is 4.98 Å². The molecule has 126 valence electrons. The van der Waals surface area contributed by atoms with Crippen LogP contribution in [0.5, 0.6) is 5.88 Å². The number of anilines is 1. The minimum absolute atomic E-state index is 0.160. The third kappa shape index (κ3) is 4.35. The molecule has 0 aliphatic heterocycles. The molecule has 2 rings (SSSR count). The molecule has 0 aliphatic rings. The fourth-order valence-electron chi connectivity index (χ4n) is 1.84. The maximum absolute atomic E-state index is 12.3. The molecule has 0 spiro atoms. The van der Waals surface area contributed by atoms with Crippen LogP contribution in [0, 0.1) is 0 Å². The normalized spacial score (nSPS) is 11.6. The van der Waals surface area contributed by atoms with Gasteiger partial charge in [0.1, 0.15) is 0 Å². The number of nitrogens with two attached hydrogens (primary N) is 1. The molecule has 2 aromatic rings. The van der Waals surface area contributed by atoms with E-state index in [2.05, 4.69) is 15.3 Å². The molecule has 1 aromatic carbocycles. The van der Waals surface area contributed by atoms with E-state index in [0.717, 1.165) is 11.8 Å². The number of nitrogens with zero attached hydrogens (tertiary/aromatic N) is 1. The SMILES string of the molecule is COc1cc(=O)[nH]c(S[C@H](C)C(=O)Nc2ccccc2C(N)=O)n1. The maximum Gasteiger partial charge on any atom is 0.255 e. The molecule has 2 amide bonds. The molecule has 0 fully saturated rings. The van der Waals surface area contributed by atoms with E-state index >= 15 is 0 Å². The Labute approximate surface area is 141 Å². The van der Waals surface area contributed by atoms with Crippen molar-refractivity contribution in [3.05, 3.63) is 46.2 Å². The van der Waals surface area contributed by atoms with Crippen LogP contribution in [0.3, 0.4) is 0 Å². The minimum atomic E-state index is -0.634. The summed E-state index contributed by atoms with van der Waals surface area (Å²) in [7, 11) is 1.40. The Hall–Kier alpha value is -2.81. The molecule has 8 nitrogen and oxygen atoms in total. The van der Waals surface area contributed by atoms with Crippen molar-refractivity contribution in [3.63, 3.8) is 0 Å². The average Bonchev–Trinajstić information content (AvgIpc) is 2.54. The van der Waals surface area contributed by atoms with Crippen LogP contribution in [0.25, 0.3) is 0 Å². The number of primary amides is 1. The highest BCUT2D eigenvalue weighted by Gasteiger charge is 2.18. The highest BCUT2D eigenvalue weighted by atomic mass is 32.2. The number of carbonyl (C=O) groups excluding carboxylic acids is 2. The Morgan fingerprint density at radius 2 is 2.08 bits per heavy atom. The van der Waals surface area contributed by atoms with Gasteiger partial charge in [0.15, 0.2) is 5.16 Å². The predicted molar refractivity (Wildman–Crippen MR) is 90.3 cm³/mol. The number of amides is 2. The van der Waals surface area contributed by atoms with Gasteiger partial charge in [0, 0.05) is 0 Å². The Balaban J connectivity index is 2.12. The highest BCUT2D eigenvalue weighted by molar-refractivity contribution is 8.00. The summed E-state index contributed by atoms with van der Waals surface area (Å²) in [5.74, 6) is -0.836. The van der Waals surface area contributed by atoms with Crippen LogP contribution < -0.4 is 21.3 Å². The molecular formula is C15H16N4O4S. The fourth-order valence-corrected chi connectivity index (χ4v) is 2.64. The van der Waals surface area contributed by atoms with E-state index in [4.69, 9.17) is 10.5 Å². The van der Waals surface area contributed by atoms with Gasteiger partial charge in [-0.05, 0) is 19.1 Å². The van der Waals surface area contributed by atoms with Crippen molar-refractivity contribution in [2.24, 2.45) is 5.73 Å². The minimum Gasteiger partial charge on any atom is -0.481 e. The first kappa shape index (κ1) is 17.5. The number of hydrogen-bond donors (Lipinski definition) is 3. The molecule has 1 atom stereocenters. The second-order valence-corrected chi connectivity index (χ2v) is 6.08. The molecule has 1 heterocycles. The fraction of sp³-hybridized carbons (Fsp3) is 0.200. The van der Waals surface area contributed by atoms with Gasteiger partial charge in [-0.25, -0.2) is 0 Å². The summed E-state index contributed by atoms with van der Waals surface area (Å²) < 4.78 is 4.92. The number of methoxy groups -OCH3 is 1. The molecule has 1 aromatic heterocycles. The lowest BCUT2D eigenvalue weighted by molar-refractivity contribution is -0.115. The number of carbonyl (C=O) groups is 2. The lowest BCUT2D eigenvalue weighted by Gasteiger charge is -2.13. The van der Waals surface area contributed by atoms with Crippen molar-refractivity contribution in [3.8, 4) is 5.88 Å². The molecule has 0 aliphatic carbocycles. The number of aromatic nitrogens is 2. The maximum atomic E-state index is 12.3. The third-order valence-electron chi connectivity index (χ3n) is 3.01. The zero-order chi connectivity index (χ0) is 17.7. The van der Waals surface area contributed by atoms with Crippen molar-refractivity contribution in [1.29, 1.82) is 0 Å². The Morgan fingerprint density at radius 1 is 1.38 bits per heavy atom. The molecule has 0 bridgehead atoms. The number of H-pyrrole nitrogens is 1. The van der Waals surface area contributed by atoms with E-state index in [9.17, 15) is 14.4 Å². The van der Waals surface area contributed by atoms with Gasteiger partial charge in [-0.15, -0.1) is 0 Å². The third-order valence-corrected chi connectivity index (χ3v) is 4.00. The van der Waals surface area contributed by atoms with Crippen LogP contribution in [0.2, 0.25) is 0 Å². The van der Waals surface area contributed by atoms with Gasteiger partial charge < -0.3 is 20.8 Å². The number of benzene rings is 1. The number of para-hydroxylation sites is 1. The number of nitrogens with one attached hydrogen (secondary N) is 2. The molecule has 4 N–H and O–H groups in total. The van der Waals surface area contributed by atoms with Crippen LogP contribution >= 0.6 is 11.8 Å². The molecule has 0 unspecified atom stereocenters. The number of thioether (sulfide) groups is 1. The topological polar surface area (TPSA) is 127 Å². The van der Waals surface area contributed by atoms with E-state index < -0.39 is 11.2 Å². The number of ether oxygens (including phenoxy) is 1. The smallest absolute Gasteiger partial charge is 0.255 e. The predicted octanol–water partition coefficient (Wildman–Crippen LogP) is 0.997. The largest absolute Gasteiger partial charge is 0.481 e. The number of aromatic amines is 1. The zero-order valence-corrected chi connectivity index (χ0v) is 13.8. The molecular weight excluding hydrogens is 332 g/mol. The van der Waals surface area contributed by atoms with Crippen molar-refractivity contribution < 1.29 is 14.3 Å². The lowest BCUT2D eigenvalue weighted by atomic mass is 10.1. The first-order chi connectivity index (χ1) is 11.4. The quantitative estimate of drug-likeness (QED) is 0.528. The van der Waals surface area contributed by atoms with Crippen molar-refractivity contribution >= 4 is 29.3 Å². The Bertz CT molecular complexity index is 821. The van der Waals surface area contributed by atoms with E-state index in [1.807, 2.05) is 0 Å². The number of hydrogen-bond acceptors (Lipinski definition) is 6. The molecule has 0 radical (unpaired) electrons. The van der Waals surface area contributed by atoms with E-state index in [-0.39, 0.29) is 28.1 Å². The first-order valence-corrected chi connectivity index (χ1v) is 7.80. The molecule has 9 heteroatoms. The van der Waals surface area contributed by atoms with E-state index in [1.165, 1.54) is 19.2 Å². The number of rotatable bonds is 6. The van der Waals surface area contributed by atoms with Crippen molar-refractivity contribution in [2.45, 2.75) is 17.3 Å².